The Kier molecular flexibility index (Phi) is 5.30. The minimum atomic E-state index is -4.70. The number of halogens is 6. The Morgan fingerprint density at radius 3 is 2.43 bits per heavy atom. The summed E-state index contributed by atoms with van der Waals surface area (Å²) in [6, 6.07) is 2.51. The zero-order chi connectivity index (χ0) is 27.0. The molecule has 1 fully saturated rings. The summed E-state index contributed by atoms with van der Waals surface area (Å²) < 4.78 is 107. The number of carbonyl (C=O) groups excluding carboxylic acids is 1. The lowest BCUT2D eigenvalue weighted by Crippen LogP contribution is -2.48. The predicted molar refractivity (Wildman–Crippen MR) is 113 cm³/mol. The first kappa shape index (κ1) is 24.9. The standard InChI is InChI=1S/C20H15F6N7O3S/c1-2-37(35,36)17-13(14-28-12-9-10(19(21,22)23)4-8-32(12)30-14)15-27-7-3-11(33(15)31-17)16(34)29-18(5-6-18)20(24,25)26/h3-4,7-9H,2,5-6H2,1H3,(H,29,34). The number of alkyl halides is 6. The van der Waals surface area contributed by atoms with E-state index in [1.165, 1.54) is 6.92 Å². The van der Waals surface area contributed by atoms with E-state index in [2.05, 4.69) is 20.2 Å². The van der Waals surface area contributed by atoms with Gasteiger partial charge in [-0.25, -0.2) is 27.4 Å². The summed E-state index contributed by atoms with van der Waals surface area (Å²) in [5.74, 6) is -2.00. The van der Waals surface area contributed by atoms with Gasteiger partial charge < -0.3 is 5.32 Å². The van der Waals surface area contributed by atoms with Gasteiger partial charge in [-0.15, -0.1) is 5.10 Å². The molecule has 196 valence electrons. The van der Waals surface area contributed by atoms with Crippen LogP contribution >= 0.6 is 0 Å². The predicted octanol–water partition coefficient (Wildman–Crippen LogP) is 3.08. The SMILES string of the molecule is CCS(=O)(=O)c1nn2c(C(=O)NC3(C(F)(F)F)CC3)ccnc2c1-c1nc2cc(C(F)(F)F)ccn2n1. The number of fused-ring (bicyclic) bond motifs is 2. The van der Waals surface area contributed by atoms with Crippen LogP contribution in [0.5, 0.6) is 0 Å². The van der Waals surface area contributed by atoms with E-state index in [1.807, 2.05) is 5.32 Å². The van der Waals surface area contributed by atoms with Gasteiger partial charge >= 0.3 is 12.4 Å². The van der Waals surface area contributed by atoms with Gasteiger partial charge in [0, 0.05) is 12.4 Å². The molecule has 10 nitrogen and oxygen atoms in total. The van der Waals surface area contributed by atoms with Crippen LogP contribution in [-0.2, 0) is 16.0 Å². The largest absolute Gasteiger partial charge is 0.416 e. The molecule has 0 bridgehead atoms. The zero-order valence-corrected chi connectivity index (χ0v) is 19.4. The van der Waals surface area contributed by atoms with E-state index in [-0.39, 0.29) is 35.5 Å². The zero-order valence-electron chi connectivity index (χ0n) is 18.6. The normalized spacial score (nSPS) is 15.9. The number of aromatic nitrogens is 6. The van der Waals surface area contributed by atoms with Crippen molar-refractivity contribution in [3.05, 3.63) is 41.9 Å². The number of amides is 1. The second-order valence-electron chi connectivity index (χ2n) is 8.33. The summed E-state index contributed by atoms with van der Waals surface area (Å²) in [4.78, 5) is 20.8. The highest BCUT2D eigenvalue weighted by Gasteiger charge is 2.64. The number of rotatable bonds is 5. The second kappa shape index (κ2) is 7.87. The topological polar surface area (TPSA) is 124 Å². The Hall–Kier alpha value is -3.76. The maximum absolute atomic E-state index is 13.4. The van der Waals surface area contributed by atoms with E-state index in [0.29, 0.717) is 6.07 Å². The van der Waals surface area contributed by atoms with Crippen LogP contribution in [0, 0.1) is 0 Å². The van der Waals surface area contributed by atoms with Crippen LogP contribution in [0.1, 0.15) is 35.8 Å². The van der Waals surface area contributed by atoms with E-state index in [1.54, 1.807) is 0 Å². The van der Waals surface area contributed by atoms with Crippen LogP contribution in [0.4, 0.5) is 26.3 Å². The van der Waals surface area contributed by atoms with Gasteiger partial charge in [-0.05, 0) is 31.0 Å². The Morgan fingerprint density at radius 1 is 1.14 bits per heavy atom. The molecule has 0 aromatic carbocycles. The molecule has 1 amide bonds. The van der Waals surface area contributed by atoms with Crippen molar-refractivity contribution in [2.45, 2.75) is 42.7 Å². The number of pyridine rings is 1. The molecule has 4 aromatic rings. The van der Waals surface area contributed by atoms with Crippen molar-refractivity contribution in [2.24, 2.45) is 0 Å². The monoisotopic (exact) mass is 547 g/mol. The molecule has 1 N–H and O–H groups in total. The van der Waals surface area contributed by atoms with Gasteiger partial charge in [0.05, 0.1) is 11.3 Å². The van der Waals surface area contributed by atoms with E-state index in [0.717, 1.165) is 33.6 Å². The van der Waals surface area contributed by atoms with Gasteiger partial charge in [0.25, 0.3) is 5.91 Å². The highest BCUT2D eigenvalue weighted by atomic mass is 32.2. The third-order valence-corrected chi connectivity index (χ3v) is 7.56. The number of hydrogen-bond acceptors (Lipinski definition) is 7. The Labute approximate surface area is 203 Å². The molecule has 37 heavy (non-hydrogen) atoms. The molecule has 0 unspecified atom stereocenters. The number of carbonyl (C=O) groups is 1. The van der Waals surface area contributed by atoms with Crippen molar-refractivity contribution >= 4 is 27.0 Å². The van der Waals surface area contributed by atoms with Crippen LogP contribution in [0.15, 0.2) is 35.6 Å². The summed E-state index contributed by atoms with van der Waals surface area (Å²) in [7, 11) is -4.15. The van der Waals surface area contributed by atoms with E-state index >= 15 is 0 Å². The molecule has 4 aromatic heterocycles. The number of nitrogens with one attached hydrogen (secondary N) is 1. The van der Waals surface area contributed by atoms with Crippen molar-refractivity contribution in [3.8, 4) is 11.4 Å². The lowest BCUT2D eigenvalue weighted by Gasteiger charge is -2.20. The van der Waals surface area contributed by atoms with Crippen molar-refractivity contribution in [1.29, 1.82) is 0 Å². The number of sulfone groups is 1. The smallest absolute Gasteiger partial charge is 0.336 e. The lowest BCUT2D eigenvalue weighted by molar-refractivity contribution is -0.163. The molecule has 5 rings (SSSR count). The summed E-state index contributed by atoms with van der Waals surface area (Å²) in [6.07, 6.45) is -7.97. The molecule has 4 heterocycles. The van der Waals surface area contributed by atoms with Gasteiger partial charge in [-0.3, -0.25) is 4.79 Å². The van der Waals surface area contributed by atoms with Crippen molar-refractivity contribution < 1.29 is 39.6 Å². The minimum Gasteiger partial charge on any atom is -0.336 e. The molecule has 17 heteroatoms. The fourth-order valence-electron chi connectivity index (χ4n) is 3.70. The summed E-state index contributed by atoms with van der Waals surface area (Å²) in [5, 5.41) is 9.29. The van der Waals surface area contributed by atoms with E-state index < -0.39 is 55.7 Å². The molecule has 1 aliphatic rings. The maximum Gasteiger partial charge on any atom is 0.416 e. The average Bonchev–Trinajstić information content (AvgIpc) is 3.32. The molecule has 0 spiro atoms. The number of nitrogens with zero attached hydrogens (tertiary/aromatic N) is 6. The Morgan fingerprint density at radius 2 is 1.84 bits per heavy atom. The van der Waals surface area contributed by atoms with Gasteiger partial charge in [-0.2, -0.15) is 31.4 Å². The first-order chi connectivity index (χ1) is 17.2. The minimum absolute atomic E-state index is 0.265. The molecule has 0 radical (unpaired) electrons. The van der Waals surface area contributed by atoms with Crippen LogP contribution in [-0.4, -0.2) is 61.0 Å². The van der Waals surface area contributed by atoms with Gasteiger partial charge in [0.1, 0.15) is 16.8 Å². The molecular weight excluding hydrogens is 532 g/mol. The van der Waals surface area contributed by atoms with Crippen LogP contribution in [0.25, 0.3) is 22.7 Å². The maximum atomic E-state index is 13.4. The molecule has 0 saturated heterocycles. The summed E-state index contributed by atoms with van der Waals surface area (Å²) >= 11 is 0. The van der Waals surface area contributed by atoms with Crippen molar-refractivity contribution in [1.82, 2.24) is 34.5 Å². The Balaban J connectivity index is 1.69. The van der Waals surface area contributed by atoms with E-state index in [4.69, 9.17) is 0 Å². The van der Waals surface area contributed by atoms with Gasteiger partial charge in [0.2, 0.25) is 0 Å². The highest BCUT2D eigenvalue weighted by Crippen LogP contribution is 2.49. The molecular formula is C20H15F6N7O3S. The summed E-state index contributed by atoms with van der Waals surface area (Å²) in [5.41, 5.74) is -4.72. The summed E-state index contributed by atoms with van der Waals surface area (Å²) in [6.45, 7) is 1.30. The highest BCUT2D eigenvalue weighted by molar-refractivity contribution is 7.91. The first-order valence-corrected chi connectivity index (χ1v) is 12.3. The molecule has 1 aliphatic carbocycles. The lowest BCUT2D eigenvalue weighted by atomic mass is 10.2. The van der Waals surface area contributed by atoms with Crippen LogP contribution in [0.2, 0.25) is 0 Å². The quantitative estimate of drug-likeness (QED) is 0.381. The van der Waals surface area contributed by atoms with Gasteiger partial charge in [-0.1, -0.05) is 6.92 Å². The van der Waals surface area contributed by atoms with E-state index in [9.17, 15) is 39.6 Å². The van der Waals surface area contributed by atoms with Crippen molar-refractivity contribution in [2.75, 3.05) is 5.75 Å². The number of hydrogen-bond donors (Lipinski definition) is 1. The third kappa shape index (κ3) is 4.06. The fraction of sp³-hybridized carbons (Fsp3) is 0.350. The Bertz CT molecular complexity index is 1670. The van der Waals surface area contributed by atoms with Crippen molar-refractivity contribution in [3.63, 3.8) is 0 Å². The first-order valence-electron chi connectivity index (χ1n) is 10.6. The molecule has 0 atom stereocenters. The van der Waals surface area contributed by atoms with Crippen LogP contribution in [0.3, 0.4) is 0 Å². The average molecular weight is 547 g/mol. The third-order valence-electron chi connectivity index (χ3n) is 5.93. The van der Waals surface area contributed by atoms with Crippen LogP contribution < -0.4 is 5.32 Å². The molecule has 0 aliphatic heterocycles. The molecule has 1 saturated carbocycles. The van der Waals surface area contributed by atoms with Gasteiger partial charge in [0.15, 0.2) is 32.0 Å². The fourth-order valence-corrected chi connectivity index (χ4v) is 4.67. The second-order valence-corrected chi connectivity index (χ2v) is 10.5.